The predicted octanol–water partition coefficient (Wildman–Crippen LogP) is 3.73. The van der Waals surface area contributed by atoms with Crippen molar-refractivity contribution in [1.82, 2.24) is 9.97 Å². The Hall–Kier alpha value is -2.88. The Balaban J connectivity index is 0.00000385. The topological polar surface area (TPSA) is 116 Å². The fourth-order valence-electron chi connectivity index (χ4n) is 3.28. The molecule has 178 valence electrons. The summed E-state index contributed by atoms with van der Waals surface area (Å²) >= 11 is 0. The molecule has 0 aliphatic heterocycles. The van der Waals surface area contributed by atoms with Crippen LogP contribution in [0.15, 0.2) is 60.8 Å². The highest BCUT2D eigenvalue weighted by Crippen LogP contribution is 2.30. The van der Waals surface area contributed by atoms with E-state index in [9.17, 15) is 8.42 Å². The number of ether oxygens (including phenoxy) is 2. The maximum Gasteiger partial charge on any atom is 0.236 e. The van der Waals surface area contributed by atoms with Crippen LogP contribution in [-0.2, 0) is 16.6 Å². The monoisotopic (exact) mass is 492 g/mol. The Morgan fingerprint density at radius 1 is 0.970 bits per heavy atom. The normalized spacial score (nSPS) is 11.8. The molecule has 1 atom stereocenters. The van der Waals surface area contributed by atoms with Gasteiger partial charge in [-0.05, 0) is 47.9 Å². The average Bonchev–Trinajstić information content (AvgIpc) is 2.77. The fourth-order valence-corrected chi connectivity index (χ4v) is 3.71. The van der Waals surface area contributed by atoms with E-state index in [0.717, 1.165) is 18.4 Å². The quantitative estimate of drug-likeness (QED) is 0.419. The van der Waals surface area contributed by atoms with Crippen LogP contribution >= 0.6 is 12.4 Å². The number of anilines is 1. The van der Waals surface area contributed by atoms with Crippen LogP contribution in [0, 0.1) is 0 Å². The third-order valence-corrected chi connectivity index (χ3v) is 5.29. The number of nitrogens with two attached hydrogens (primary N) is 1. The standard InChI is InChI=1S/C23H28N4O4S.ClH/c1-3-22(17-4-8-20(9-5-17)30-15-13-24)18-6-10-21(11-7-18)31-16-19-12-14-25-23(26-19)27-32(2,28)29;/h4-12,14,22H,3,13,15-16,24H2,1-2H3,(H,25,26,27);1H. The van der Waals surface area contributed by atoms with E-state index in [-0.39, 0.29) is 30.9 Å². The number of halogens is 1. The van der Waals surface area contributed by atoms with Crippen LogP contribution in [-0.4, -0.2) is 37.8 Å². The minimum atomic E-state index is -3.43. The highest BCUT2D eigenvalue weighted by atomic mass is 35.5. The van der Waals surface area contributed by atoms with Crippen LogP contribution < -0.4 is 19.9 Å². The van der Waals surface area contributed by atoms with E-state index in [1.807, 2.05) is 24.3 Å². The molecule has 3 rings (SSSR count). The van der Waals surface area contributed by atoms with Crippen LogP contribution in [0.2, 0.25) is 0 Å². The molecule has 0 bridgehead atoms. The molecule has 0 aliphatic carbocycles. The van der Waals surface area contributed by atoms with Gasteiger partial charge in [0.1, 0.15) is 24.7 Å². The molecular formula is C23H29ClN4O4S. The largest absolute Gasteiger partial charge is 0.492 e. The van der Waals surface area contributed by atoms with Crippen molar-refractivity contribution in [2.75, 3.05) is 24.1 Å². The SMILES string of the molecule is CCC(c1ccc(OCCN)cc1)c1ccc(OCc2ccnc(NS(C)(=O)=O)n2)cc1.Cl. The summed E-state index contributed by atoms with van der Waals surface area (Å²) in [5.41, 5.74) is 8.46. The van der Waals surface area contributed by atoms with Crippen molar-refractivity contribution < 1.29 is 17.9 Å². The van der Waals surface area contributed by atoms with E-state index in [0.29, 0.717) is 24.6 Å². The van der Waals surface area contributed by atoms with Gasteiger partial charge in [0, 0.05) is 18.7 Å². The molecule has 0 aliphatic rings. The van der Waals surface area contributed by atoms with Gasteiger partial charge in [-0.15, -0.1) is 12.4 Å². The van der Waals surface area contributed by atoms with Gasteiger partial charge < -0.3 is 15.2 Å². The fraction of sp³-hybridized carbons (Fsp3) is 0.304. The van der Waals surface area contributed by atoms with E-state index in [2.05, 4.69) is 45.9 Å². The third-order valence-electron chi connectivity index (χ3n) is 4.74. The first-order valence-corrected chi connectivity index (χ1v) is 12.2. The maximum absolute atomic E-state index is 11.3. The van der Waals surface area contributed by atoms with Gasteiger partial charge in [-0.3, -0.25) is 4.72 Å². The Labute approximate surface area is 201 Å². The van der Waals surface area contributed by atoms with Crippen molar-refractivity contribution in [2.24, 2.45) is 5.73 Å². The molecule has 2 aromatic carbocycles. The van der Waals surface area contributed by atoms with Gasteiger partial charge >= 0.3 is 0 Å². The molecule has 0 radical (unpaired) electrons. The maximum atomic E-state index is 11.3. The summed E-state index contributed by atoms with van der Waals surface area (Å²) in [6, 6.07) is 17.7. The summed E-state index contributed by atoms with van der Waals surface area (Å²) in [4.78, 5) is 8.05. The number of benzene rings is 2. The predicted molar refractivity (Wildman–Crippen MR) is 132 cm³/mol. The first-order chi connectivity index (χ1) is 15.4. The summed E-state index contributed by atoms with van der Waals surface area (Å²) in [5, 5.41) is 0. The van der Waals surface area contributed by atoms with Gasteiger partial charge in [0.15, 0.2) is 0 Å². The number of hydrogen-bond donors (Lipinski definition) is 2. The Kier molecular flexibility index (Phi) is 9.90. The number of sulfonamides is 1. The number of aromatic nitrogens is 2. The highest BCUT2D eigenvalue weighted by Gasteiger charge is 2.13. The molecule has 0 saturated carbocycles. The van der Waals surface area contributed by atoms with E-state index in [1.165, 1.54) is 17.3 Å². The summed E-state index contributed by atoms with van der Waals surface area (Å²) in [6.07, 6.45) is 3.50. The van der Waals surface area contributed by atoms with E-state index >= 15 is 0 Å². The summed E-state index contributed by atoms with van der Waals surface area (Å²) in [5.74, 6) is 1.80. The second-order valence-electron chi connectivity index (χ2n) is 7.27. The van der Waals surface area contributed by atoms with Crippen LogP contribution in [0.4, 0.5) is 5.95 Å². The number of nitrogens with zero attached hydrogens (tertiary/aromatic N) is 2. The minimum absolute atomic E-state index is 0. The lowest BCUT2D eigenvalue weighted by atomic mass is 9.89. The van der Waals surface area contributed by atoms with Crippen molar-refractivity contribution in [2.45, 2.75) is 25.9 Å². The lowest BCUT2D eigenvalue weighted by Crippen LogP contribution is -2.13. The number of nitrogens with one attached hydrogen (secondary N) is 1. The zero-order valence-corrected chi connectivity index (χ0v) is 20.2. The molecule has 0 spiro atoms. The highest BCUT2D eigenvalue weighted by molar-refractivity contribution is 7.91. The second-order valence-corrected chi connectivity index (χ2v) is 9.02. The Morgan fingerprint density at radius 3 is 2.06 bits per heavy atom. The summed E-state index contributed by atoms with van der Waals surface area (Å²) < 4.78 is 36.3. The minimum Gasteiger partial charge on any atom is -0.492 e. The third kappa shape index (κ3) is 8.20. The van der Waals surface area contributed by atoms with Crippen LogP contribution in [0.3, 0.4) is 0 Å². The molecule has 0 fully saturated rings. The smallest absolute Gasteiger partial charge is 0.236 e. The van der Waals surface area contributed by atoms with E-state index in [1.54, 1.807) is 6.07 Å². The van der Waals surface area contributed by atoms with Gasteiger partial charge in [0.05, 0.1) is 11.9 Å². The summed E-state index contributed by atoms with van der Waals surface area (Å²) in [6.45, 7) is 3.35. The molecule has 1 aromatic heterocycles. The van der Waals surface area contributed by atoms with Crippen molar-refractivity contribution in [3.8, 4) is 11.5 Å². The Morgan fingerprint density at radius 2 is 1.55 bits per heavy atom. The van der Waals surface area contributed by atoms with Crippen molar-refractivity contribution in [1.29, 1.82) is 0 Å². The number of hydrogen-bond acceptors (Lipinski definition) is 7. The summed E-state index contributed by atoms with van der Waals surface area (Å²) in [7, 11) is -3.43. The van der Waals surface area contributed by atoms with Gasteiger partial charge in [0.2, 0.25) is 16.0 Å². The molecule has 0 saturated heterocycles. The van der Waals surface area contributed by atoms with Gasteiger partial charge in [-0.2, -0.15) is 0 Å². The van der Waals surface area contributed by atoms with Crippen molar-refractivity contribution in [3.05, 3.63) is 77.6 Å². The first-order valence-electron chi connectivity index (χ1n) is 10.3. The molecule has 1 unspecified atom stereocenters. The molecule has 3 aromatic rings. The lowest BCUT2D eigenvalue weighted by molar-refractivity contribution is 0.301. The average molecular weight is 493 g/mol. The van der Waals surface area contributed by atoms with E-state index in [4.69, 9.17) is 15.2 Å². The zero-order valence-electron chi connectivity index (χ0n) is 18.6. The van der Waals surface area contributed by atoms with Crippen LogP contribution in [0.5, 0.6) is 11.5 Å². The molecule has 8 nitrogen and oxygen atoms in total. The number of rotatable bonds is 11. The van der Waals surface area contributed by atoms with Crippen LogP contribution in [0.25, 0.3) is 0 Å². The van der Waals surface area contributed by atoms with Gasteiger partial charge in [-0.1, -0.05) is 31.2 Å². The molecule has 1 heterocycles. The second kappa shape index (κ2) is 12.4. The lowest BCUT2D eigenvalue weighted by Gasteiger charge is -2.17. The zero-order chi connectivity index (χ0) is 23.0. The van der Waals surface area contributed by atoms with E-state index < -0.39 is 10.0 Å². The molecule has 33 heavy (non-hydrogen) atoms. The Bertz CT molecular complexity index is 1110. The van der Waals surface area contributed by atoms with Crippen molar-refractivity contribution in [3.63, 3.8) is 0 Å². The van der Waals surface area contributed by atoms with Gasteiger partial charge in [-0.25, -0.2) is 18.4 Å². The first kappa shape index (κ1) is 26.4. The molecule has 0 amide bonds. The molecule has 10 heteroatoms. The molecular weight excluding hydrogens is 464 g/mol. The van der Waals surface area contributed by atoms with Crippen LogP contribution in [0.1, 0.15) is 36.1 Å². The van der Waals surface area contributed by atoms with Gasteiger partial charge in [0.25, 0.3) is 0 Å². The van der Waals surface area contributed by atoms with Crippen molar-refractivity contribution >= 4 is 28.4 Å². The molecule has 3 N–H and O–H groups in total.